The van der Waals surface area contributed by atoms with Gasteiger partial charge in [0, 0.05) is 17.3 Å². The number of hydrazine groups is 1. The first-order valence-electron chi connectivity index (χ1n) is 6.70. The van der Waals surface area contributed by atoms with Crippen LogP contribution in [0.1, 0.15) is 31.5 Å². The number of hydrogen-bond donors (Lipinski definition) is 2. The van der Waals surface area contributed by atoms with Gasteiger partial charge in [-0.1, -0.05) is 44.5 Å². The summed E-state index contributed by atoms with van der Waals surface area (Å²) < 4.78 is 0. The van der Waals surface area contributed by atoms with Crippen molar-refractivity contribution in [1.82, 2.24) is 9.97 Å². The summed E-state index contributed by atoms with van der Waals surface area (Å²) in [7, 11) is 0. The lowest BCUT2D eigenvalue weighted by Crippen LogP contribution is -2.10. The van der Waals surface area contributed by atoms with Crippen molar-refractivity contribution in [2.24, 2.45) is 5.84 Å². The van der Waals surface area contributed by atoms with Crippen LogP contribution in [-0.4, -0.2) is 9.97 Å². The molecule has 1 heterocycles. The number of nitrogens with two attached hydrogens (primary N) is 1. The van der Waals surface area contributed by atoms with Crippen LogP contribution in [0, 0.1) is 0 Å². The smallest absolute Gasteiger partial charge is 0.161 e. The second-order valence-electron chi connectivity index (χ2n) is 4.51. The lowest BCUT2D eigenvalue weighted by molar-refractivity contribution is 0.875. The maximum atomic E-state index is 5.47. The van der Waals surface area contributed by atoms with Gasteiger partial charge in [0.05, 0.1) is 0 Å². The van der Waals surface area contributed by atoms with E-state index in [1.807, 2.05) is 6.07 Å². The van der Waals surface area contributed by atoms with Crippen LogP contribution in [0.5, 0.6) is 0 Å². The number of nitrogens with one attached hydrogen (secondary N) is 1. The van der Waals surface area contributed by atoms with Crippen molar-refractivity contribution in [1.29, 1.82) is 0 Å². The Morgan fingerprint density at radius 1 is 1.11 bits per heavy atom. The molecule has 0 aliphatic carbocycles. The molecular formula is C15H20N4. The number of nitrogen functional groups attached to an aromatic ring is 1. The van der Waals surface area contributed by atoms with E-state index in [2.05, 4.69) is 53.5 Å². The van der Waals surface area contributed by atoms with E-state index in [-0.39, 0.29) is 0 Å². The Kier molecular flexibility index (Phi) is 4.47. The maximum Gasteiger partial charge on any atom is 0.161 e. The number of anilines is 1. The molecule has 0 bridgehead atoms. The Morgan fingerprint density at radius 3 is 2.42 bits per heavy atom. The van der Waals surface area contributed by atoms with Gasteiger partial charge in [0.15, 0.2) is 5.82 Å². The zero-order chi connectivity index (χ0) is 13.7. The number of nitrogens with zero attached hydrogens (tertiary/aromatic N) is 2. The average molecular weight is 256 g/mol. The zero-order valence-corrected chi connectivity index (χ0v) is 11.5. The first kappa shape index (κ1) is 13.5. The summed E-state index contributed by atoms with van der Waals surface area (Å²) in [6, 6.07) is 10.2. The summed E-state index contributed by atoms with van der Waals surface area (Å²) in [6.07, 6.45) is 3.01. The van der Waals surface area contributed by atoms with Gasteiger partial charge in [-0.25, -0.2) is 15.8 Å². The molecule has 0 unspecified atom stereocenters. The van der Waals surface area contributed by atoms with Gasteiger partial charge in [0.25, 0.3) is 0 Å². The van der Waals surface area contributed by atoms with Crippen LogP contribution in [0.25, 0.3) is 11.4 Å². The van der Waals surface area contributed by atoms with Gasteiger partial charge >= 0.3 is 0 Å². The van der Waals surface area contributed by atoms with E-state index < -0.39 is 0 Å². The number of aromatic nitrogens is 2. The predicted octanol–water partition coefficient (Wildman–Crippen LogP) is 2.94. The normalized spacial score (nSPS) is 10.5. The van der Waals surface area contributed by atoms with Crippen LogP contribution in [0.2, 0.25) is 0 Å². The third-order valence-corrected chi connectivity index (χ3v) is 3.05. The number of aryl methyl sites for hydroxylation is 2. The maximum absolute atomic E-state index is 5.47. The molecule has 4 heteroatoms. The Balaban J connectivity index is 2.38. The molecular weight excluding hydrogens is 236 g/mol. The van der Waals surface area contributed by atoms with Gasteiger partial charge in [-0.3, -0.25) is 0 Å². The second-order valence-corrected chi connectivity index (χ2v) is 4.51. The minimum Gasteiger partial charge on any atom is -0.308 e. The van der Waals surface area contributed by atoms with Crippen molar-refractivity contribution in [2.45, 2.75) is 33.1 Å². The van der Waals surface area contributed by atoms with E-state index in [0.29, 0.717) is 5.82 Å². The summed E-state index contributed by atoms with van der Waals surface area (Å²) in [6.45, 7) is 4.27. The fraction of sp³-hybridized carbons (Fsp3) is 0.333. The van der Waals surface area contributed by atoms with Crippen molar-refractivity contribution >= 4 is 5.82 Å². The first-order valence-corrected chi connectivity index (χ1v) is 6.70. The molecule has 100 valence electrons. The number of benzene rings is 1. The van der Waals surface area contributed by atoms with Crippen LogP contribution in [-0.2, 0) is 12.8 Å². The highest BCUT2D eigenvalue weighted by Gasteiger charge is 2.06. The lowest BCUT2D eigenvalue weighted by Gasteiger charge is -2.07. The molecule has 0 saturated carbocycles. The van der Waals surface area contributed by atoms with Crippen LogP contribution < -0.4 is 11.3 Å². The molecule has 0 aliphatic rings. The summed E-state index contributed by atoms with van der Waals surface area (Å²) in [4.78, 5) is 9.00. The van der Waals surface area contributed by atoms with E-state index in [0.717, 1.165) is 36.3 Å². The summed E-state index contributed by atoms with van der Waals surface area (Å²) in [5.41, 5.74) is 5.95. The number of rotatable bonds is 5. The monoisotopic (exact) mass is 256 g/mol. The van der Waals surface area contributed by atoms with Crippen LogP contribution in [0.4, 0.5) is 5.82 Å². The summed E-state index contributed by atoms with van der Waals surface area (Å²) >= 11 is 0. The van der Waals surface area contributed by atoms with Crippen LogP contribution in [0.15, 0.2) is 30.3 Å². The number of hydrogen-bond acceptors (Lipinski definition) is 4. The van der Waals surface area contributed by atoms with Gasteiger partial charge in [-0.2, -0.15) is 0 Å². The fourth-order valence-corrected chi connectivity index (χ4v) is 1.97. The third kappa shape index (κ3) is 3.29. The van der Waals surface area contributed by atoms with Crippen molar-refractivity contribution < 1.29 is 0 Å². The molecule has 2 rings (SSSR count). The average Bonchev–Trinajstić information content (AvgIpc) is 2.47. The van der Waals surface area contributed by atoms with Gasteiger partial charge in [0.1, 0.15) is 5.82 Å². The molecule has 3 N–H and O–H groups in total. The molecule has 0 fully saturated rings. The van der Waals surface area contributed by atoms with Crippen molar-refractivity contribution in [3.05, 3.63) is 41.6 Å². The van der Waals surface area contributed by atoms with Crippen LogP contribution in [0.3, 0.4) is 0 Å². The Morgan fingerprint density at radius 2 is 1.84 bits per heavy atom. The highest BCUT2D eigenvalue weighted by atomic mass is 15.3. The molecule has 4 nitrogen and oxygen atoms in total. The molecule has 2 aromatic rings. The lowest BCUT2D eigenvalue weighted by atomic mass is 10.1. The molecule has 0 saturated heterocycles. The molecule has 0 atom stereocenters. The molecule has 0 amide bonds. The van der Waals surface area contributed by atoms with Gasteiger partial charge in [-0.15, -0.1) is 0 Å². The second kappa shape index (κ2) is 6.29. The molecule has 1 aromatic heterocycles. The van der Waals surface area contributed by atoms with E-state index in [9.17, 15) is 0 Å². The molecule has 0 radical (unpaired) electrons. The zero-order valence-electron chi connectivity index (χ0n) is 11.5. The minimum atomic E-state index is 0.660. The highest BCUT2D eigenvalue weighted by Crippen LogP contribution is 2.19. The van der Waals surface area contributed by atoms with E-state index in [1.165, 1.54) is 5.56 Å². The predicted molar refractivity (Wildman–Crippen MR) is 78.7 cm³/mol. The Bertz CT molecular complexity index is 534. The van der Waals surface area contributed by atoms with Gasteiger partial charge in [-0.05, 0) is 18.4 Å². The van der Waals surface area contributed by atoms with Crippen molar-refractivity contribution in [3.8, 4) is 11.4 Å². The van der Waals surface area contributed by atoms with E-state index in [4.69, 9.17) is 5.84 Å². The SMILES string of the molecule is CCCc1cc(NN)nc(-c2ccc(CC)cc2)n1. The summed E-state index contributed by atoms with van der Waals surface area (Å²) in [5.74, 6) is 6.85. The molecule has 0 spiro atoms. The van der Waals surface area contributed by atoms with Crippen molar-refractivity contribution in [2.75, 3.05) is 5.43 Å². The summed E-state index contributed by atoms with van der Waals surface area (Å²) in [5, 5.41) is 0. The minimum absolute atomic E-state index is 0.660. The Hall–Kier alpha value is -1.94. The third-order valence-electron chi connectivity index (χ3n) is 3.05. The van der Waals surface area contributed by atoms with E-state index in [1.54, 1.807) is 0 Å². The van der Waals surface area contributed by atoms with Gasteiger partial charge in [0.2, 0.25) is 0 Å². The fourth-order valence-electron chi connectivity index (χ4n) is 1.97. The van der Waals surface area contributed by atoms with Crippen LogP contribution >= 0.6 is 0 Å². The van der Waals surface area contributed by atoms with E-state index >= 15 is 0 Å². The first-order chi connectivity index (χ1) is 9.26. The standard InChI is InChI=1S/C15H20N4/c1-3-5-13-10-14(19-16)18-15(17-13)12-8-6-11(4-2)7-9-12/h6-10H,3-5,16H2,1-2H3,(H,17,18,19). The van der Waals surface area contributed by atoms with Gasteiger partial charge < -0.3 is 5.43 Å². The molecule has 19 heavy (non-hydrogen) atoms. The quantitative estimate of drug-likeness (QED) is 0.637. The topological polar surface area (TPSA) is 63.8 Å². The Labute approximate surface area is 114 Å². The molecule has 1 aromatic carbocycles. The molecule has 0 aliphatic heterocycles. The highest BCUT2D eigenvalue weighted by molar-refractivity contribution is 5.58. The van der Waals surface area contributed by atoms with Crippen molar-refractivity contribution in [3.63, 3.8) is 0 Å². The largest absolute Gasteiger partial charge is 0.308 e.